The van der Waals surface area contributed by atoms with E-state index in [2.05, 4.69) is 20.6 Å². The predicted octanol–water partition coefficient (Wildman–Crippen LogP) is 3.78. The molecule has 9 heteroatoms. The number of hydrogen-bond acceptors (Lipinski definition) is 6. The Hall–Kier alpha value is -3.62. The second-order valence-corrected chi connectivity index (χ2v) is 12.2. The van der Waals surface area contributed by atoms with Crippen LogP contribution < -0.4 is 10.6 Å². The lowest BCUT2D eigenvalue weighted by atomic mass is 9.79. The highest BCUT2D eigenvalue weighted by Gasteiger charge is 2.52. The number of rotatable bonds is 3. The van der Waals surface area contributed by atoms with Crippen molar-refractivity contribution in [3.05, 3.63) is 47.3 Å². The van der Waals surface area contributed by atoms with Crippen LogP contribution in [0.4, 0.5) is 11.6 Å². The summed E-state index contributed by atoms with van der Waals surface area (Å²) >= 11 is 0. The molecule has 4 heterocycles. The standard InChI is InChI=1S/C29H34N6O3/c1-27(2,3)23-25(37)35(29(34-23)10-6-4-5-7-11-29)17-22(36)32-21-13-18-14-28(15-19(18)16-31-21)20-9-8-12-30-24(20)33-26(28)38/h8-9,12-13,16H,4-7,10-11,14-15,17H2,1-3H3,(H,30,33,38)(H,31,32,36)/t28-/m0/s1. The molecule has 0 aromatic carbocycles. The van der Waals surface area contributed by atoms with Crippen molar-refractivity contribution in [2.24, 2.45) is 10.4 Å². The maximum atomic E-state index is 13.5. The second-order valence-electron chi connectivity index (χ2n) is 12.2. The maximum absolute atomic E-state index is 13.5. The van der Waals surface area contributed by atoms with Crippen LogP contribution in [0.25, 0.3) is 0 Å². The molecule has 2 aromatic heterocycles. The Morgan fingerprint density at radius 1 is 1.08 bits per heavy atom. The summed E-state index contributed by atoms with van der Waals surface area (Å²) in [7, 11) is 0. The Morgan fingerprint density at radius 2 is 1.82 bits per heavy atom. The van der Waals surface area contributed by atoms with Crippen molar-refractivity contribution in [2.75, 3.05) is 17.2 Å². The molecule has 2 N–H and O–H groups in total. The number of aliphatic imine (C=N–C) groups is 1. The lowest BCUT2D eigenvalue weighted by molar-refractivity contribution is -0.133. The summed E-state index contributed by atoms with van der Waals surface area (Å²) in [4.78, 5) is 55.3. The normalized spacial score (nSPS) is 23.8. The highest BCUT2D eigenvalue weighted by molar-refractivity contribution is 6.42. The van der Waals surface area contributed by atoms with Crippen LogP contribution in [0.2, 0.25) is 0 Å². The number of amides is 3. The lowest BCUT2D eigenvalue weighted by Gasteiger charge is -2.35. The molecule has 2 aromatic rings. The van der Waals surface area contributed by atoms with Crippen LogP contribution in [-0.4, -0.2) is 50.5 Å². The summed E-state index contributed by atoms with van der Waals surface area (Å²) < 4.78 is 0. The van der Waals surface area contributed by atoms with E-state index in [-0.39, 0.29) is 29.7 Å². The molecule has 0 saturated heterocycles. The number of hydrogen-bond donors (Lipinski definition) is 2. The first kappa shape index (κ1) is 24.7. The molecule has 2 aliphatic carbocycles. The first-order valence-electron chi connectivity index (χ1n) is 13.6. The van der Waals surface area contributed by atoms with Gasteiger partial charge in [-0.05, 0) is 61.8 Å². The molecule has 38 heavy (non-hydrogen) atoms. The Bertz CT molecular complexity index is 1370. The Labute approximate surface area is 222 Å². The molecule has 4 aliphatic rings. The number of aromatic nitrogens is 2. The number of nitrogens with zero attached hydrogens (tertiary/aromatic N) is 4. The fraction of sp³-hybridized carbons (Fsp3) is 0.517. The zero-order valence-corrected chi connectivity index (χ0v) is 22.3. The molecule has 0 radical (unpaired) electrons. The van der Waals surface area contributed by atoms with Crippen LogP contribution in [0.5, 0.6) is 0 Å². The van der Waals surface area contributed by atoms with Gasteiger partial charge in [0.15, 0.2) is 0 Å². The van der Waals surface area contributed by atoms with Gasteiger partial charge in [-0.1, -0.05) is 39.7 Å². The monoisotopic (exact) mass is 514 g/mol. The van der Waals surface area contributed by atoms with E-state index in [1.54, 1.807) is 17.3 Å². The molecule has 0 unspecified atom stereocenters. The third-order valence-corrected chi connectivity index (χ3v) is 8.51. The fourth-order valence-electron chi connectivity index (χ4n) is 6.56. The summed E-state index contributed by atoms with van der Waals surface area (Å²) in [6.07, 6.45) is 10.3. The van der Waals surface area contributed by atoms with Gasteiger partial charge in [-0.15, -0.1) is 0 Å². The smallest absolute Gasteiger partial charge is 0.270 e. The molecular weight excluding hydrogens is 480 g/mol. The molecule has 0 bridgehead atoms. The molecule has 3 amide bonds. The Kier molecular flexibility index (Phi) is 5.66. The first-order chi connectivity index (χ1) is 18.1. The molecule has 9 nitrogen and oxygen atoms in total. The zero-order valence-electron chi connectivity index (χ0n) is 22.3. The van der Waals surface area contributed by atoms with Crippen molar-refractivity contribution in [2.45, 2.75) is 83.2 Å². The van der Waals surface area contributed by atoms with Crippen LogP contribution in [0.1, 0.15) is 76.0 Å². The fourth-order valence-corrected chi connectivity index (χ4v) is 6.56. The van der Waals surface area contributed by atoms with E-state index in [4.69, 9.17) is 4.99 Å². The molecule has 2 spiro atoms. The van der Waals surface area contributed by atoms with Crippen molar-refractivity contribution in [1.82, 2.24) is 14.9 Å². The van der Waals surface area contributed by atoms with Gasteiger partial charge in [0.25, 0.3) is 5.91 Å². The topological polar surface area (TPSA) is 117 Å². The van der Waals surface area contributed by atoms with Gasteiger partial charge < -0.3 is 15.5 Å². The third-order valence-electron chi connectivity index (χ3n) is 8.51. The van der Waals surface area contributed by atoms with Crippen molar-refractivity contribution >= 4 is 35.1 Å². The van der Waals surface area contributed by atoms with E-state index < -0.39 is 11.1 Å². The van der Waals surface area contributed by atoms with Gasteiger partial charge in [0.2, 0.25) is 11.8 Å². The van der Waals surface area contributed by atoms with Crippen molar-refractivity contribution < 1.29 is 14.4 Å². The minimum atomic E-state index is -0.690. The number of fused-ring (bicyclic) bond motifs is 3. The van der Waals surface area contributed by atoms with E-state index in [0.717, 1.165) is 55.2 Å². The molecular formula is C29H34N6O3. The predicted molar refractivity (Wildman–Crippen MR) is 144 cm³/mol. The average Bonchev–Trinajstić information content (AvgIpc) is 3.38. The largest absolute Gasteiger partial charge is 0.310 e. The maximum Gasteiger partial charge on any atom is 0.270 e. The summed E-state index contributed by atoms with van der Waals surface area (Å²) in [5, 5.41) is 5.83. The Morgan fingerprint density at radius 3 is 2.55 bits per heavy atom. The first-order valence-corrected chi connectivity index (χ1v) is 13.6. The van der Waals surface area contributed by atoms with Crippen LogP contribution in [0, 0.1) is 5.41 Å². The van der Waals surface area contributed by atoms with Crippen molar-refractivity contribution in [3.8, 4) is 0 Å². The summed E-state index contributed by atoms with van der Waals surface area (Å²) in [6.45, 7) is 5.93. The van der Waals surface area contributed by atoms with Gasteiger partial charge in [-0.25, -0.2) is 9.97 Å². The van der Waals surface area contributed by atoms with Crippen molar-refractivity contribution in [3.63, 3.8) is 0 Å². The summed E-state index contributed by atoms with van der Waals surface area (Å²) in [6, 6.07) is 5.66. The van der Waals surface area contributed by atoms with E-state index in [9.17, 15) is 14.4 Å². The van der Waals surface area contributed by atoms with Crippen LogP contribution in [0.3, 0.4) is 0 Å². The minimum Gasteiger partial charge on any atom is -0.310 e. The van der Waals surface area contributed by atoms with Crippen LogP contribution in [-0.2, 0) is 32.6 Å². The lowest BCUT2D eigenvalue weighted by Crippen LogP contribution is -2.50. The van der Waals surface area contributed by atoms with E-state index in [1.807, 2.05) is 39.0 Å². The van der Waals surface area contributed by atoms with Crippen LogP contribution in [0.15, 0.2) is 35.6 Å². The number of pyridine rings is 2. The Balaban J connectivity index is 1.21. The van der Waals surface area contributed by atoms with Crippen LogP contribution >= 0.6 is 0 Å². The van der Waals surface area contributed by atoms with Gasteiger partial charge in [-0.3, -0.25) is 19.4 Å². The van der Waals surface area contributed by atoms with Crippen molar-refractivity contribution in [1.29, 1.82) is 0 Å². The number of carbonyl (C=O) groups is 3. The molecule has 198 valence electrons. The molecule has 6 rings (SSSR count). The molecule has 1 saturated carbocycles. The number of anilines is 2. The van der Waals surface area contributed by atoms with Gasteiger partial charge in [-0.2, -0.15) is 0 Å². The molecule has 2 aliphatic heterocycles. The minimum absolute atomic E-state index is 0.0520. The highest BCUT2D eigenvalue weighted by Crippen LogP contribution is 2.46. The number of nitrogens with one attached hydrogen (secondary N) is 2. The van der Waals surface area contributed by atoms with Gasteiger partial charge >= 0.3 is 0 Å². The number of carbonyl (C=O) groups excluding carboxylic acids is 3. The molecule has 1 atom stereocenters. The zero-order chi connectivity index (χ0) is 26.7. The summed E-state index contributed by atoms with van der Waals surface area (Å²) in [5.41, 5.74) is 1.72. The van der Waals surface area contributed by atoms with Gasteiger partial charge in [0.1, 0.15) is 29.6 Å². The average molecular weight is 515 g/mol. The summed E-state index contributed by atoms with van der Waals surface area (Å²) in [5.74, 6) is 0.558. The quantitative estimate of drug-likeness (QED) is 0.647. The van der Waals surface area contributed by atoms with E-state index >= 15 is 0 Å². The highest BCUT2D eigenvalue weighted by atomic mass is 16.2. The third kappa shape index (κ3) is 3.90. The van der Waals surface area contributed by atoms with E-state index in [1.165, 1.54) is 0 Å². The second kappa shape index (κ2) is 8.71. The molecule has 1 fully saturated rings. The van der Waals surface area contributed by atoms with Gasteiger partial charge in [0.05, 0.1) is 5.41 Å². The van der Waals surface area contributed by atoms with Gasteiger partial charge in [0, 0.05) is 23.4 Å². The van der Waals surface area contributed by atoms with E-state index in [0.29, 0.717) is 30.2 Å². The SMILES string of the molecule is CC(C)(C)C1=NC2(CCCCCC2)N(CC(=O)Nc2cc3c(cn2)C[C@]2(C3)C(=O)Nc3ncccc32)C1=O.